The molecule has 1 saturated heterocycles. The van der Waals surface area contributed by atoms with Crippen molar-refractivity contribution in [2.24, 2.45) is 0 Å². The molecule has 0 amide bonds. The van der Waals surface area contributed by atoms with Crippen LogP contribution < -0.4 is 14.8 Å². The van der Waals surface area contributed by atoms with Gasteiger partial charge in [-0.3, -0.25) is 0 Å². The Morgan fingerprint density at radius 2 is 2.10 bits per heavy atom. The van der Waals surface area contributed by atoms with Crippen LogP contribution in [0, 0.1) is 0 Å². The number of ether oxygens (including phenoxy) is 2. The number of sulfone groups is 1. The summed E-state index contributed by atoms with van der Waals surface area (Å²) in [5.41, 5.74) is 1.00. The van der Waals surface area contributed by atoms with Gasteiger partial charge in [0.15, 0.2) is 21.3 Å². The standard InChI is InChI=1S/C14H21NO5S/c1-3-15-7-10-4-5-12(19-2)13(6-10)20-14-9-21(17,18)8-11(14)16/h4-6,11,14-16H,3,7-9H2,1-2H3. The van der Waals surface area contributed by atoms with Crippen molar-refractivity contribution in [3.05, 3.63) is 23.8 Å². The largest absolute Gasteiger partial charge is 0.493 e. The lowest BCUT2D eigenvalue weighted by molar-refractivity contribution is 0.0718. The van der Waals surface area contributed by atoms with Gasteiger partial charge in [0.05, 0.1) is 18.6 Å². The zero-order valence-corrected chi connectivity index (χ0v) is 13.0. The van der Waals surface area contributed by atoms with E-state index < -0.39 is 22.0 Å². The summed E-state index contributed by atoms with van der Waals surface area (Å²) in [5.74, 6) is 0.548. The molecule has 6 nitrogen and oxygen atoms in total. The lowest BCUT2D eigenvalue weighted by Gasteiger charge is -2.18. The summed E-state index contributed by atoms with van der Waals surface area (Å²) in [7, 11) is -1.71. The quantitative estimate of drug-likeness (QED) is 0.787. The molecule has 1 aliphatic heterocycles. The Balaban J connectivity index is 2.17. The van der Waals surface area contributed by atoms with Crippen molar-refractivity contribution in [1.82, 2.24) is 5.32 Å². The van der Waals surface area contributed by atoms with Crippen LogP contribution in [0.5, 0.6) is 11.5 Å². The number of aliphatic hydroxyl groups excluding tert-OH is 1. The van der Waals surface area contributed by atoms with E-state index in [2.05, 4.69) is 5.32 Å². The van der Waals surface area contributed by atoms with Gasteiger partial charge < -0.3 is 19.9 Å². The highest BCUT2D eigenvalue weighted by atomic mass is 32.2. The molecule has 1 fully saturated rings. The van der Waals surface area contributed by atoms with E-state index in [0.29, 0.717) is 18.0 Å². The van der Waals surface area contributed by atoms with Gasteiger partial charge in [-0.1, -0.05) is 13.0 Å². The highest BCUT2D eigenvalue weighted by Gasteiger charge is 2.38. The topological polar surface area (TPSA) is 84.9 Å². The van der Waals surface area contributed by atoms with Crippen molar-refractivity contribution < 1.29 is 23.0 Å². The molecule has 1 heterocycles. The maximum absolute atomic E-state index is 11.5. The number of hydrogen-bond donors (Lipinski definition) is 2. The summed E-state index contributed by atoms with van der Waals surface area (Å²) in [6.45, 7) is 3.55. The molecule has 0 aliphatic carbocycles. The van der Waals surface area contributed by atoms with Crippen molar-refractivity contribution in [2.75, 3.05) is 25.2 Å². The molecule has 1 aromatic rings. The van der Waals surface area contributed by atoms with E-state index in [1.165, 1.54) is 7.11 Å². The van der Waals surface area contributed by atoms with Gasteiger partial charge >= 0.3 is 0 Å². The van der Waals surface area contributed by atoms with E-state index in [4.69, 9.17) is 9.47 Å². The molecule has 1 aromatic carbocycles. The van der Waals surface area contributed by atoms with Crippen molar-refractivity contribution >= 4 is 9.84 Å². The van der Waals surface area contributed by atoms with E-state index in [-0.39, 0.29) is 11.5 Å². The van der Waals surface area contributed by atoms with Crippen molar-refractivity contribution in [1.29, 1.82) is 0 Å². The Morgan fingerprint density at radius 3 is 2.67 bits per heavy atom. The number of aliphatic hydroxyl groups is 1. The average Bonchev–Trinajstić information content (AvgIpc) is 2.69. The molecule has 2 atom stereocenters. The van der Waals surface area contributed by atoms with E-state index in [1.54, 1.807) is 12.1 Å². The Bertz CT molecular complexity index is 587. The Kier molecular flexibility index (Phi) is 5.08. The zero-order valence-electron chi connectivity index (χ0n) is 12.2. The fraction of sp³-hybridized carbons (Fsp3) is 0.571. The average molecular weight is 315 g/mol. The Labute approximate surface area is 125 Å². The van der Waals surface area contributed by atoms with Crippen LogP contribution in [0.25, 0.3) is 0 Å². The maximum atomic E-state index is 11.5. The number of methoxy groups -OCH3 is 1. The predicted molar refractivity (Wildman–Crippen MR) is 79.5 cm³/mol. The van der Waals surface area contributed by atoms with Crippen LogP contribution in [0.2, 0.25) is 0 Å². The van der Waals surface area contributed by atoms with Crippen molar-refractivity contribution in [3.63, 3.8) is 0 Å². The molecule has 0 saturated carbocycles. The molecule has 21 heavy (non-hydrogen) atoms. The summed E-state index contributed by atoms with van der Waals surface area (Å²) in [4.78, 5) is 0. The molecule has 0 bridgehead atoms. The summed E-state index contributed by atoms with van der Waals surface area (Å²) < 4.78 is 34.0. The highest BCUT2D eigenvalue weighted by Crippen LogP contribution is 2.31. The van der Waals surface area contributed by atoms with Gasteiger partial charge in [0.1, 0.15) is 12.2 Å². The van der Waals surface area contributed by atoms with Gasteiger partial charge in [-0.25, -0.2) is 8.42 Å². The first-order valence-electron chi connectivity index (χ1n) is 6.88. The summed E-state index contributed by atoms with van der Waals surface area (Å²) in [5, 5.41) is 13.0. The smallest absolute Gasteiger partial charge is 0.162 e. The molecular weight excluding hydrogens is 294 g/mol. The number of nitrogens with one attached hydrogen (secondary N) is 1. The maximum Gasteiger partial charge on any atom is 0.162 e. The molecule has 1 aliphatic rings. The summed E-state index contributed by atoms with van der Waals surface area (Å²) in [6, 6.07) is 5.49. The second-order valence-corrected chi connectivity index (χ2v) is 7.22. The lowest BCUT2D eigenvalue weighted by Crippen LogP contribution is -2.30. The fourth-order valence-corrected chi connectivity index (χ4v) is 3.93. The van der Waals surface area contributed by atoms with Crippen molar-refractivity contribution in [2.45, 2.75) is 25.7 Å². The molecule has 0 spiro atoms. The fourth-order valence-electron chi connectivity index (χ4n) is 2.27. The summed E-state index contributed by atoms with van der Waals surface area (Å²) >= 11 is 0. The first-order valence-corrected chi connectivity index (χ1v) is 8.70. The minimum absolute atomic E-state index is 0.172. The van der Waals surface area contributed by atoms with Crippen LogP contribution in [0.1, 0.15) is 12.5 Å². The first-order chi connectivity index (χ1) is 9.95. The molecule has 7 heteroatoms. The normalized spacial score (nSPS) is 24.0. The molecule has 0 radical (unpaired) electrons. The molecule has 0 aromatic heterocycles. The number of benzene rings is 1. The van der Waals surface area contributed by atoms with Crippen molar-refractivity contribution in [3.8, 4) is 11.5 Å². The SMILES string of the molecule is CCNCc1ccc(OC)c(OC2CS(=O)(=O)CC2O)c1. The zero-order chi connectivity index (χ0) is 15.5. The molecule has 2 N–H and O–H groups in total. The van der Waals surface area contributed by atoms with E-state index in [1.807, 2.05) is 13.0 Å². The van der Waals surface area contributed by atoms with Gasteiger partial charge in [0.2, 0.25) is 0 Å². The monoisotopic (exact) mass is 315 g/mol. The third kappa shape index (κ3) is 4.09. The van der Waals surface area contributed by atoms with Gasteiger partial charge in [-0.05, 0) is 24.2 Å². The lowest BCUT2D eigenvalue weighted by atomic mass is 10.2. The minimum Gasteiger partial charge on any atom is -0.493 e. The predicted octanol–water partition coefficient (Wildman–Crippen LogP) is 0.341. The van der Waals surface area contributed by atoms with Crippen LogP contribution in [0.3, 0.4) is 0 Å². The third-order valence-corrected chi connectivity index (χ3v) is 5.04. The molecule has 118 valence electrons. The highest BCUT2D eigenvalue weighted by molar-refractivity contribution is 7.91. The van der Waals surface area contributed by atoms with Crippen LogP contribution in [0.15, 0.2) is 18.2 Å². The Hall–Kier alpha value is -1.31. The Morgan fingerprint density at radius 1 is 1.33 bits per heavy atom. The number of rotatable bonds is 6. The van der Waals surface area contributed by atoms with Gasteiger partial charge in [0, 0.05) is 6.54 Å². The van der Waals surface area contributed by atoms with Crippen LogP contribution in [-0.4, -0.2) is 50.9 Å². The first kappa shape index (κ1) is 16.1. The van der Waals surface area contributed by atoms with Gasteiger partial charge in [0.25, 0.3) is 0 Å². The van der Waals surface area contributed by atoms with Crippen LogP contribution in [0.4, 0.5) is 0 Å². The third-order valence-electron chi connectivity index (χ3n) is 3.36. The van der Waals surface area contributed by atoms with Crippen LogP contribution >= 0.6 is 0 Å². The second kappa shape index (κ2) is 6.64. The number of hydrogen-bond acceptors (Lipinski definition) is 6. The van der Waals surface area contributed by atoms with E-state index in [0.717, 1.165) is 12.1 Å². The molecule has 2 rings (SSSR count). The minimum atomic E-state index is -3.24. The van der Waals surface area contributed by atoms with Gasteiger partial charge in [-0.2, -0.15) is 0 Å². The van der Waals surface area contributed by atoms with E-state index >= 15 is 0 Å². The summed E-state index contributed by atoms with van der Waals surface area (Å²) in [6.07, 6.45) is -1.75. The van der Waals surface area contributed by atoms with Crippen LogP contribution in [-0.2, 0) is 16.4 Å². The molecule has 2 unspecified atom stereocenters. The van der Waals surface area contributed by atoms with Gasteiger partial charge in [-0.15, -0.1) is 0 Å². The second-order valence-electron chi connectivity index (χ2n) is 5.07. The molecular formula is C14H21NO5S. The van der Waals surface area contributed by atoms with E-state index in [9.17, 15) is 13.5 Å².